The van der Waals surface area contributed by atoms with Gasteiger partial charge in [-0.25, -0.2) is 19.6 Å². The Kier molecular flexibility index (Phi) is 8.76. The molecule has 1 aliphatic carbocycles. The number of benzene rings is 2. The Morgan fingerprint density at radius 3 is 2.18 bits per heavy atom. The lowest BCUT2D eigenvalue weighted by atomic mass is 10.0. The van der Waals surface area contributed by atoms with E-state index >= 15 is 0 Å². The van der Waals surface area contributed by atoms with Gasteiger partial charge in [-0.2, -0.15) is 0 Å². The number of ether oxygens (including phenoxy) is 2. The molecule has 3 fully saturated rings. The van der Waals surface area contributed by atoms with Crippen molar-refractivity contribution >= 4 is 23.0 Å². The highest BCUT2D eigenvalue weighted by Crippen LogP contribution is 2.53. The van der Waals surface area contributed by atoms with Gasteiger partial charge in [0, 0.05) is 23.2 Å². The minimum atomic E-state index is -0.556. The second kappa shape index (κ2) is 12.6. The number of carbonyl (C=O) groups is 2. The van der Waals surface area contributed by atoms with Gasteiger partial charge in [-0.1, -0.05) is 31.5 Å². The smallest absolute Gasteiger partial charge is 0.411 e. The lowest BCUT2D eigenvalue weighted by Gasteiger charge is -2.30. The van der Waals surface area contributed by atoms with Gasteiger partial charge in [-0.15, -0.1) is 0 Å². The molecule has 49 heavy (non-hydrogen) atoms. The monoisotopic (exact) mass is 664 g/mol. The van der Waals surface area contributed by atoms with Crippen LogP contribution >= 0.6 is 0 Å². The number of nitrogens with one attached hydrogen (secondary N) is 2. The van der Waals surface area contributed by atoms with E-state index in [1.807, 2.05) is 63.6 Å². The van der Waals surface area contributed by atoms with Crippen molar-refractivity contribution in [2.45, 2.75) is 117 Å². The van der Waals surface area contributed by atoms with Crippen LogP contribution in [0.25, 0.3) is 22.0 Å². The van der Waals surface area contributed by atoms with Crippen molar-refractivity contribution in [3.63, 3.8) is 0 Å². The van der Waals surface area contributed by atoms with Gasteiger partial charge in [-0.05, 0) is 115 Å². The number of hydrogen-bond donors (Lipinski definition) is 2. The third-order valence-corrected chi connectivity index (χ3v) is 9.30. The number of rotatable bonds is 3. The first-order valence-corrected chi connectivity index (χ1v) is 16.9. The molecular formula is C39H48N6O4. The van der Waals surface area contributed by atoms with Gasteiger partial charge in [0.2, 0.25) is 0 Å². The molecule has 2 N–H and O–H groups in total. The van der Waals surface area contributed by atoms with Crippen molar-refractivity contribution in [2.24, 2.45) is 5.92 Å². The minimum Gasteiger partial charge on any atom is -0.444 e. The number of nitrogens with zero attached hydrogens (tertiary/aromatic N) is 4. The summed E-state index contributed by atoms with van der Waals surface area (Å²) >= 11 is 0. The predicted molar refractivity (Wildman–Crippen MR) is 190 cm³/mol. The van der Waals surface area contributed by atoms with E-state index in [0.717, 1.165) is 64.9 Å². The number of imidazole rings is 2. The van der Waals surface area contributed by atoms with Gasteiger partial charge in [-0.3, -0.25) is 9.80 Å². The van der Waals surface area contributed by atoms with Crippen LogP contribution in [0, 0.1) is 17.8 Å². The molecule has 1 saturated carbocycles. The molecular weight excluding hydrogens is 616 g/mol. The predicted octanol–water partition coefficient (Wildman–Crippen LogP) is 8.52. The van der Waals surface area contributed by atoms with Crippen molar-refractivity contribution in [3.8, 4) is 23.1 Å². The van der Waals surface area contributed by atoms with Crippen LogP contribution in [0.15, 0.2) is 48.8 Å². The van der Waals surface area contributed by atoms with E-state index in [1.54, 1.807) is 6.20 Å². The molecule has 7 rings (SSSR count). The van der Waals surface area contributed by atoms with Gasteiger partial charge in [0.05, 0.1) is 30.2 Å². The lowest BCUT2D eigenvalue weighted by Crippen LogP contribution is -2.40. The molecule has 3 aliphatic rings. The van der Waals surface area contributed by atoms with Gasteiger partial charge in [0.25, 0.3) is 0 Å². The number of amides is 2. The Balaban J connectivity index is 0.00000417. The maximum atomic E-state index is 13.0. The Bertz CT molecular complexity index is 1940. The molecule has 10 heteroatoms. The fraction of sp³-hybridized carbons (Fsp3) is 0.487. The van der Waals surface area contributed by atoms with E-state index in [2.05, 4.69) is 69.0 Å². The van der Waals surface area contributed by atoms with E-state index in [-0.39, 0.29) is 43.8 Å². The molecule has 2 aliphatic heterocycles. The summed E-state index contributed by atoms with van der Waals surface area (Å²) in [6.07, 6.45) is 6.66. The number of likely N-dealkylation sites (tertiary alicyclic amines) is 2. The average Bonchev–Trinajstić information content (AvgIpc) is 3.48. The highest BCUT2D eigenvalue weighted by Gasteiger charge is 2.56. The number of hydrogen-bond acceptors (Lipinski definition) is 6. The van der Waals surface area contributed by atoms with E-state index in [0.29, 0.717) is 11.6 Å². The van der Waals surface area contributed by atoms with E-state index in [1.165, 1.54) is 0 Å². The zero-order chi connectivity index (χ0) is 34.0. The van der Waals surface area contributed by atoms with Crippen LogP contribution in [0.2, 0.25) is 0 Å². The molecule has 2 aromatic heterocycles. The van der Waals surface area contributed by atoms with Crippen LogP contribution in [0.5, 0.6) is 0 Å². The highest BCUT2D eigenvalue weighted by atomic mass is 16.6. The maximum Gasteiger partial charge on any atom is 0.411 e. The third-order valence-electron chi connectivity index (χ3n) is 9.30. The molecule has 10 nitrogen and oxygen atoms in total. The number of aromatic nitrogens is 4. The second-order valence-corrected chi connectivity index (χ2v) is 15.4. The largest absolute Gasteiger partial charge is 0.444 e. The van der Waals surface area contributed by atoms with Gasteiger partial charge in [0.1, 0.15) is 28.5 Å². The summed E-state index contributed by atoms with van der Waals surface area (Å²) in [4.78, 5) is 45.8. The first kappa shape index (κ1) is 34.1. The van der Waals surface area contributed by atoms with Crippen molar-refractivity contribution in [2.75, 3.05) is 0 Å². The summed E-state index contributed by atoms with van der Waals surface area (Å²) in [7, 11) is 0. The summed E-state index contributed by atoms with van der Waals surface area (Å²) in [5.41, 5.74) is 2.43. The number of carbonyl (C=O) groups excluding carboxylic acids is 2. The normalized spacial score (nSPS) is 23.0. The van der Waals surface area contributed by atoms with Crippen molar-refractivity contribution < 1.29 is 19.1 Å². The quantitative estimate of drug-likeness (QED) is 0.212. The summed E-state index contributed by atoms with van der Waals surface area (Å²) < 4.78 is 11.4. The summed E-state index contributed by atoms with van der Waals surface area (Å²) in [6, 6.07) is 12.5. The molecule has 2 aromatic carbocycles. The van der Waals surface area contributed by atoms with Crippen LogP contribution in [-0.2, 0) is 9.47 Å². The Morgan fingerprint density at radius 2 is 1.45 bits per heavy atom. The fourth-order valence-corrected chi connectivity index (χ4v) is 7.01. The summed E-state index contributed by atoms with van der Waals surface area (Å²) in [5.74, 6) is 8.52. The summed E-state index contributed by atoms with van der Waals surface area (Å²) in [6.45, 7) is 13.4. The Labute approximate surface area is 289 Å². The SMILES string of the molecule is C.C[C@H]1CC[C@@H](c2ncc(-c3ccc4cc(C#Cc5cnc([C@@H]6C[C@H]7C[C@H]7N6C(=O)OC(C)(C)C)[nH]5)ccc4c3)[nH]2)N1C(=O)OC(C)(C)C. The number of H-pyrrole nitrogens is 2. The molecule has 2 saturated heterocycles. The zero-order valence-corrected chi connectivity index (χ0v) is 28.8. The van der Waals surface area contributed by atoms with Crippen LogP contribution < -0.4 is 0 Å². The van der Waals surface area contributed by atoms with Crippen LogP contribution in [0.3, 0.4) is 0 Å². The molecule has 0 spiro atoms. The first-order chi connectivity index (χ1) is 22.7. The molecule has 0 radical (unpaired) electrons. The molecule has 5 atom stereocenters. The molecule has 2 amide bonds. The third kappa shape index (κ3) is 7.17. The summed E-state index contributed by atoms with van der Waals surface area (Å²) in [5, 5.41) is 2.17. The minimum absolute atomic E-state index is 0. The first-order valence-electron chi connectivity index (χ1n) is 16.9. The standard InChI is InChI=1S/C38H44N6O4.CH4/c1-22-8-15-30(43(22)35(45)47-37(2,3)4)33-40-21-29(42-33)26-13-12-24-16-23(9-11-25(24)17-26)10-14-28-20-39-34(41-28)32-19-27-18-31(27)44(32)36(46)48-38(5,6)7;/h9,11-13,16-17,20-22,27,30-32H,8,15,18-19H2,1-7H3,(H,39,41)(H,40,42);1H4/t22-,27+,30-,31+,32-;/m0./s1. The molecule has 0 bridgehead atoms. The fourth-order valence-electron chi connectivity index (χ4n) is 7.01. The lowest BCUT2D eigenvalue weighted by molar-refractivity contribution is 0.0147. The molecule has 4 heterocycles. The Morgan fingerprint density at radius 1 is 0.796 bits per heavy atom. The molecule has 0 unspecified atom stereocenters. The molecule has 4 aromatic rings. The number of fused-ring (bicyclic) bond motifs is 2. The number of piperidine rings is 1. The van der Waals surface area contributed by atoms with Gasteiger partial charge in [0.15, 0.2) is 0 Å². The van der Waals surface area contributed by atoms with Crippen LogP contribution in [0.4, 0.5) is 9.59 Å². The van der Waals surface area contributed by atoms with Gasteiger partial charge < -0.3 is 19.4 Å². The van der Waals surface area contributed by atoms with E-state index < -0.39 is 11.2 Å². The molecule has 258 valence electrons. The van der Waals surface area contributed by atoms with Crippen LogP contribution in [0.1, 0.15) is 117 Å². The average molecular weight is 665 g/mol. The Hall–Kier alpha value is -4.78. The van der Waals surface area contributed by atoms with Crippen molar-refractivity contribution in [1.29, 1.82) is 0 Å². The maximum absolute atomic E-state index is 13.0. The van der Waals surface area contributed by atoms with Crippen molar-refractivity contribution in [3.05, 3.63) is 71.7 Å². The number of aromatic amines is 2. The van der Waals surface area contributed by atoms with Crippen LogP contribution in [-0.4, -0.2) is 65.2 Å². The second-order valence-electron chi connectivity index (χ2n) is 15.4. The topological polar surface area (TPSA) is 116 Å². The van der Waals surface area contributed by atoms with E-state index in [4.69, 9.17) is 9.47 Å². The zero-order valence-electron chi connectivity index (χ0n) is 28.8. The highest BCUT2D eigenvalue weighted by molar-refractivity contribution is 5.88. The van der Waals surface area contributed by atoms with E-state index in [9.17, 15) is 9.59 Å². The van der Waals surface area contributed by atoms with Crippen molar-refractivity contribution in [1.82, 2.24) is 29.7 Å². The van der Waals surface area contributed by atoms with Gasteiger partial charge >= 0.3 is 12.2 Å².